The molecule has 1 N–H and O–H groups in total. The highest BCUT2D eigenvalue weighted by Gasteiger charge is 2.44. The number of ether oxygens (including phenoxy) is 1. The highest BCUT2D eigenvalue weighted by atomic mass is 19.1. The number of hydrogen-bond donors (Lipinski definition) is 1. The molecule has 0 bridgehead atoms. The third-order valence-electron chi connectivity index (χ3n) is 6.68. The summed E-state index contributed by atoms with van der Waals surface area (Å²) in [6, 6.07) is 14.4. The van der Waals surface area contributed by atoms with E-state index < -0.39 is 5.41 Å². The van der Waals surface area contributed by atoms with E-state index in [9.17, 15) is 14.0 Å². The van der Waals surface area contributed by atoms with Gasteiger partial charge in [-0.25, -0.2) is 4.39 Å². The number of amides is 2. The fraction of sp³-hybridized carbons (Fsp3) is 0.462. The zero-order valence-electron chi connectivity index (χ0n) is 18.6. The monoisotopic (exact) mass is 438 g/mol. The van der Waals surface area contributed by atoms with E-state index in [-0.39, 0.29) is 23.7 Å². The molecule has 0 saturated carbocycles. The van der Waals surface area contributed by atoms with E-state index in [4.69, 9.17) is 4.74 Å². The number of carbonyl (C=O) groups is 2. The van der Waals surface area contributed by atoms with Crippen LogP contribution in [0.25, 0.3) is 11.1 Å². The smallest absolute Gasteiger partial charge is 0.251 e. The van der Waals surface area contributed by atoms with Crippen LogP contribution in [0.5, 0.6) is 0 Å². The predicted octanol–water partition coefficient (Wildman–Crippen LogP) is 3.96. The molecule has 2 aliphatic rings. The van der Waals surface area contributed by atoms with Crippen molar-refractivity contribution >= 4 is 11.8 Å². The van der Waals surface area contributed by atoms with Gasteiger partial charge in [-0.2, -0.15) is 0 Å². The van der Waals surface area contributed by atoms with Crippen molar-refractivity contribution in [3.8, 4) is 11.1 Å². The maximum atomic E-state index is 13.7. The van der Waals surface area contributed by atoms with Gasteiger partial charge in [0, 0.05) is 26.7 Å². The van der Waals surface area contributed by atoms with E-state index in [2.05, 4.69) is 5.32 Å². The number of nitrogens with one attached hydrogen (secondary N) is 1. The molecule has 0 spiro atoms. The second-order valence-corrected chi connectivity index (χ2v) is 8.97. The number of rotatable bonds is 5. The van der Waals surface area contributed by atoms with Crippen LogP contribution < -0.4 is 5.32 Å². The molecule has 6 heteroatoms. The zero-order chi connectivity index (χ0) is 22.6. The molecule has 170 valence electrons. The Bertz CT molecular complexity index is 973. The number of halogens is 1. The normalized spacial score (nSPS) is 23.6. The second-order valence-electron chi connectivity index (χ2n) is 8.97. The number of likely N-dealkylation sites (tertiary alicyclic amines) is 1. The minimum absolute atomic E-state index is 0.00573. The van der Waals surface area contributed by atoms with Crippen LogP contribution in [0.15, 0.2) is 48.5 Å². The molecule has 0 aliphatic carbocycles. The molecule has 0 aromatic heterocycles. The molecule has 2 amide bonds. The Morgan fingerprint density at radius 1 is 1.12 bits per heavy atom. The van der Waals surface area contributed by atoms with Crippen LogP contribution in [-0.4, -0.2) is 49.6 Å². The molecule has 0 radical (unpaired) electrons. The Morgan fingerprint density at radius 3 is 2.62 bits per heavy atom. The standard InChI is InChI=1S/C26H31FN2O3/c1-28-25(31)26(12-6-13-29(18-26)24(30)23-11-2-3-14-32-23)17-19-7-4-8-20(15-19)21-9-5-10-22(27)16-21/h4-5,7-10,15-16,23H,2-3,6,11-14,17-18H2,1H3,(H,28,31)/t23-,26+/m1/s1. The van der Waals surface area contributed by atoms with Crippen molar-refractivity contribution < 1.29 is 18.7 Å². The van der Waals surface area contributed by atoms with Gasteiger partial charge in [-0.05, 0) is 67.3 Å². The lowest BCUT2D eigenvalue weighted by Gasteiger charge is -2.43. The highest BCUT2D eigenvalue weighted by molar-refractivity contribution is 5.86. The van der Waals surface area contributed by atoms with Gasteiger partial charge in [0.2, 0.25) is 5.91 Å². The van der Waals surface area contributed by atoms with Crippen LogP contribution in [0, 0.1) is 11.2 Å². The van der Waals surface area contributed by atoms with Gasteiger partial charge in [-0.15, -0.1) is 0 Å². The minimum Gasteiger partial charge on any atom is -0.368 e. The first-order valence-electron chi connectivity index (χ1n) is 11.5. The summed E-state index contributed by atoms with van der Waals surface area (Å²) >= 11 is 0. The largest absolute Gasteiger partial charge is 0.368 e. The van der Waals surface area contributed by atoms with Crippen LogP contribution in [0.2, 0.25) is 0 Å². The van der Waals surface area contributed by atoms with Crippen molar-refractivity contribution in [3.05, 3.63) is 59.9 Å². The Kier molecular flexibility index (Phi) is 6.89. The first-order chi connectivity index (χ1) is 15.5. The summed E-state index contributed by atoms with van der Waals surface area (Å²) in [7, 11) is 1.65. The number of hydrogen-bond acceptors (Lipinski definition) is 3. The summed E-state index contributed by atoms with van der Waals surface area (Å²) in [6.07, 6.45) is 4.36. The molecule has 2 aromatic rings. The molecule has 4 rings (SSSR count). The zero-order valence-corrected chi connectivity index (χ0v) is 18.6. The molecule has 2 saturated heterocycles. The average molecular weight is 439 g/mol. The summed E-state index contributed by atoms with van der Waals surface area (Å²) in [6.45, 7) is 1.66. The Morgan fingerprint density at radius 2 is 1.91 bits per heavy atom. The van der Waals surface area contributed by atoms with Crippen molar-refractivity contribution in [2.45, 2.75) is 44.6 Å². The highest BCUT2D eigenvalue weighted by Crippen LogP contribution is 2.36. The number of benzene rings is 2. The molecule has 2 fully saturated rings. The quantitative estimate of drug-likeness (QED) is 0.769. The number of nitrogens with zero attached hydrogens (tertiary/aromatic N) is 1. The first kappa shape index (κ1) is 22.5. The first-order valence-corrected chi connectivity index (χ1v) is 11.5. The van der Waals surface area contributed by atoms with Crippen molar-refractivity contribution in [2.24, 2.45) is 5.41 Å². The summed E-state index contributed by atoms with van der Waals surface area (Å²) < 4.78 is 19.4. The molecule has 32 heavy (non-hydrogen) atoms. The maximum Gasteiger partial charge on any atom is 0.251 e. The maximum absolute atomic E-state index is 13.7. The van der Waals surface area contributed by atoms with Gasteiger partial charge in [0.1, 0.15) is 11.9 Å². The molecule has 2 aliphatic heterocycles. The second kappa shape index (κ2) is 9.82. The minimum atomic E-state index is -0.697. The van der Waals surface area contributed by atoms with E-state index in [1.165, 1.54) is 12.1 Å². The van der Waals surface area contributed by atoms with Crippen molar-refractivity contribution in [1.29, 1.82) is 0 Å². The van der Waals surface area contributed by atoms with Crippen LogP contribution >= 0.6 is 0 Å². The topological polar surface area (TPSA) is 58.6 Å². The van der Waals surface area contributed by atoms with E-state index in [0.29, 0.717) is 32.5 Å². The lowest BCUT2D eigenvalue weighted by atomic mass is 9.74. The molecule has 5 nitrogen and oxygen atoms in total. The van der Waals surface area contributed by atoms with Crippen molar-refractivity contribution in [2.75, 3.05) is 26.7 Å². The van der Waals surface area contributed by atoms with Crippen molar-refractivity contribution in [1.82, 2.24) is 10.2 Å². The third-order valence-corrected chi connectivity index (χ3v) is 6.68. The summed E-state index contributed by atoms with van der Waals surface area (Å²) in [5.74, 6) is -0.317. The van der Waals surface area contributed by atoms with Crippen LogP contribution in [0.1, 0.15) is 37.7 Å². The van der Waals surface area contributed by atoms with E-state index in [0.717, 1.165) is 42.4 Å². The molecule has 0 unspecified atom stereocenters. The van der Waals surface area contributed by atoms with Gasteiger partial charge in [-0.1, -0.05) is 36.4 Å². The number of piperidine rings is 1. The molecule has 2 atom stereocenters. The van der Waals surface area contributed by atoms with Crippen molar-refractivity contribution in [3.63, 3.8) is 0 Å². The summed E-state index contributed by atoms with van der Waals surface area (Å²) in [5.41, 5.74) is 2.01. The lowest BCUT2D eigenvalue weighted by molar-refractivity contribution is -0.152. The Labute approximate surface area is 188 Å². The van der Waals surface area contributed by atoms with Crippen LogP contribution in [0.3, 0.4) is 0 Å². The van der Waals surface area contributed by atoms with Gasteiger partial charge >= 0.3 is 0 Å². The fourth-order valence-electron chi connectivity index (χ4n) is 5.05. The van der Waals surface area contributed by atoms with Gasteiger partial charge in [-0.3, -0.25) is 9.59 Å². The van der Waals surface area contributed by atoms with Gasteiger partial charge in [0.25, 0.3) is 5.91 Å². The molecular formula is C26H31FN2O3. The molecular weight excluding hydrogens is 407 g/mol. The fourth-order valence-corrected chi connectivity index (χ4v) is 5.05. The van der Waals surface area contributed by atoms with Gasteiger partial charge < -0.3 is 15.0 Å². The number of carbonyl (C=O) groups excluding carboxylic acids is 2. The predicted molar refractivity (Wildman–Crippen MR) is 121 cm³/mol. The summed E-state index contributed by atoms with van der Waals surface area (Å²) in [5, 5.41) is 2.83. The summed E-state index contributed by atoms with van der Waals surface area (Å²) in [4.78, 5) is 28.0. The molecule has 2 aromatic carbocycles. The lowest BCUT2D eigenvalue weighted by Crippen LogP contribution is -2.56. The van der Waals surface area contributed by atoms with Gasteiger partial charge in [0.05, 0.1) is 5.41 Å². The van der Waals surface area contributed by atoms with E-state index >= 15 is 0 Å². The van der Waals surface area contributed by atoms with E-state index in [1.807, 2.05) is 35.2 Å². The third kappa shape index (κ3) is 4.85. The average Bonchev–Trinajstić information content (AvgIpc) is 2.84. The SMILES string of the molecule is CNC(=O)[C@]1(Cc2cccc(-c3cccc(F)c3)c2)CCCN(C(=O)[C@H]2CCCCO2)C1. The van der Waals surface area contributed by atoms with Crippen LogP contribution in [-0.2, 0) is 20.7 Å². The van der Waals surface area contributed by atoms with Crippen LogP contribution in [0.4, 0.5) is 4.39 Å². The van der Waals surface area contributed by atoms with Gasteiger partial charge in [0.15, 0.2) is 0 Å². The van der Waals surface area contributed by atoms with E-state index in [1.54, 1.807) is 13.1 Å². The molecule has 2 heterocycles. The Hall–Kier alpha value is -2.73. The Balaban J connectivity index is 1.57.